The van der Waals surface area contributed by atoms with Crippen molar-refractivity contribution in [3.8, 4) is 22.6 Å². The summed E-state index contributed by atoms with van der Waals surface area (Å²) in [6.45, 7) is 8.12. The molecule has 2 rings (SSSR count). The number of aromatic hydroxyl groups is 2. The van der Waals surface area contributed by atoms with Gasteiger partial charge in [0.05, 0.1) is 0 Å². The summed E-state index contributed by atoms with van der Waals surface area (Å²) in [6, 6.07) is 10.6. The van der Waals surface area contributed by atoms with Crippen LogP contribution in [-0.2, 0) is 0 Å². The van der Waals surface area contributed by atoms with E-state index in [0.29, 0.717) is 23.2 Å². The Balaban J connectivity index is 2.35. The summed E-state index contributed by atoms with van der Waals surface area (Å²) in [5.74, 6) is 0.889. The van der Waals surface area contributed by atoms with Gasteiger partial charge in [-0.05, 0) is 47.2 Å². The van der Waals surface area contributed by atoms with Crippen molar-refractivity contribution in [1.29, 1.82) is 0 Å². The fourth-order valence-electron chi connectivity index (χ4n) is 2.08. The molecule has 0 amide bonds. The smallest absolute Gasteiger partial charge is 0.141 e. The maximum absolute atomic E-state index is 10.2. The molecular formula is C20H24N2O2. The van der Waals surface area contributed by atoms with Crippen LogP contribution < -0.4 is 0 Å². The lowest BCUT2D eigenvalue weighted by Crippen LogP contribution is -1.86. The number of hydrogen-bond donors (Lipinski definition) is 2. The van der Waals surface area contributed by atoms with Gasteiger partial charge in [-0.2, -0.15) is 0 Å². The van der Waals surface area contributed by atoms with E-state index in [-0.39, 0.29) is 11.5 Å². The minimum absolute atomic E-state index is 0.129. The molecule has 0 aliphatic carbocycles. The lowest BCUT2D eigenvalue weighted by Gasteiger charge is -2.07. The molecule has 0 aromatic heterocycles. The maximum Gasteiger partial charge on any atom is 0.141 e. The zero-order chi connectivity index (χ0) is 17.7. The molecule has 0 saturated carbocycles. The number of rotatable bonds is 5. The van der Waals surface area contributed by atoms with E-state index < -0.39 is 0 Å². The second-order valence-electron chi connectivity index (χ2n) is 6.45. The molecular weight excluding hydrogens is 300 g/mol. The quantitative estimate of drug-likeness (QED) is 0.715. The van der Waals surface area contributed by atoms with Crippen LogP contribution >= 0.6 is 0 Å². The first kappa shape index (κ1) is 17.7. The largest absolute Gasteiger partial charge is 0.506 e. The number of nitrogens with zero attached hydrogens (tertiary/aromatic N) is 2. The van der Waals surface area contributed by atoms with E-state index in [0.717, 1.165) is 11.1 Å². The van der Waals surface area contributed by atoms with Crippen molar-refractivity contribution in [3.63, 3.8) is 0 Å². The molecule has 0 unspecified atom stereocenters. The number of hydrogen-bond acceptors (Lipinski definition) is 4. The third kappa shape index (κ3) is 4.69. The van der Waals surface area contributed by atoms with Crippen LogP contribution in [0.15, 0.2) is 46.4 Å². The fraction of sp³-hybridized carbons (Fsp3) is 0.300. The average Bonchev–Trinajstić information content (AvgIpc) is 2.52. The fourth-order valence-corrected chi connectivity index (χ4v) is 2.08. The van der Waals surface area contributed by atoms with Crippen LogP contribution in [0.4, 0.5) is 11.4 Å². The molecule has 0 fully saturated rings. The molecule has 0 radical (unpaired) electrons. The number of aliphatic imine (C=N–C) groups is 2. The van der Waals surface area contributed by atoms with Crippen molar-refractivity contribution in [1.82, 2.24) is 0 Å². The van der Waals surface area contributed by atoms with E-state index in [4.69, 9.17) is 0 Å². The first-order valence-corrected chi connectivity index (χ1v) is 8.11. The van der Waals surface area contributed by atoms with Crippen LogP contribution in [0.2, 0.25) is 0 Å². The Morgan fingerprint density at radius 2 is 1.25 bits per heavy atom. The lowest BCUT2D eigenvalue weighted by atomic mass is 10.0. The van der Waals surface area contributed by atoms with Crippen molar-refractivity contribution in [2.75, 3.05) is 0 Å². The Morgan fingerprint density at radius 1 is 0.708 bits per heavy atom. The van der Waals surface area contributed by atoms with Gasteiger partial charge in [-0.15, -0.1) is 0 Å². The molecule has 0 aliphatic rings. The summed E-state index contributed by atoms with van der Waals surface area (Å²) in [6.07, 6.45) is 3.59. The predicted octanol–water partition coefficient (Wildman–Crippen LogP) is 5.48. The van der Waals surface area contributed by atoms with E-state index in [1.807, 2.05) is 33.8 Å². The van der Waals surface area contributed by atoms with E-state index >= 15 is 0 Å². The number of phenols is 2. The van der Waals surface area contributed by atoms with E-state index in [1.54, 1.807) is 42.8 Å². The molecule has 2 N–H and O–H groups in total. The van der Waals surface area contributed by atoms with Gasteiger partial charge >= 0.3 is 0 Å². The van der Waals surface area contributed by atoms with E-state index in [1.165, 1.54) is 0 Å². The molecule has 2 aromatic rings. The van der Waals surface area contributed by atoms with Crippen molar-refractivity contribution >= 4 is 23.8 Å². The third-order valence-electron chi connectivity index (χ3n) is 3.31. The molecule has 24 heavy (non-hydrogen) atoms. The summed E-state index contributed by atoms with van der Waals surface area (Å²) < 4.78 is 0. The van der Waals surface area contributed by atoms with Crippen molar-refractivity contribution in [2.24, 2.45) is 21.8 Å². The SMILES string of the molecule is CC(C)C=Nc1ccc(-c2ccc(O)c(N=CC(C)C)c2)cc1O. The molecule has 0 spiro atoms. The zero-order valence-corrected chi connectivity index (χ0v) is 14.6. The summed E-state index contributed by atoms with van der Waals surface area (Å²) >= 11 is 0. The Kier molecular flexibility index (Phi) is 5.74. The second-order valence-corrected chi connectivity index (χ2v) is 6.45. The first-order valence-electron chi connectivity index (χ1n) is 8.11. The molecule has 0 aliphatic heterocycles. The minimum atomic E-state index is 0.129. The van der Waals surface area contributed by atoms with E-state index in [2.05, 4.69) is 9.98 Å². The van der Waals surface area contributed by atoms with Crippen LogP contribution in [0.3, 0.4) is 0 Å². The molecule has 2 aromatic carbocycles. The van der Waals surface area contributed by atoms with Gasteiger partial charge in [-0.3, -0.25) is 9.98 Å². The lowest BCUT2D eigenvalue weighted by molar-refractivity contribution is 0.477. The maximum atomic E-state index is 10.2. The van der Waals surface area contributed by atoms with Gasteiger partial charge in [0.25, 0.3) is 0 Å². The second kappa shape index (κ2) is 7.77. The molecule has 126 valence electrons. The number of benzene rings is 2. The van der Waals surface area contributed by atoms with Crippen molar-refractivity contribution in [3.05, 3.63) is 36.4 Å². The van der Waals surface area contributed by atoms with Gasteiger partial charge < -0.3 is 10.2 Å². The molecule has 0 atom stereocenters. The highest BCUT2D eigenvalue weighted by molar-refractivity contribution is 5.77. The van der Waals surface area contributed by atoms with Crippen molar-refractivity contribution in [2.45, 2.75) is 27.7 Å². The van der Waals surface area contributed by atoms with Gasteiger partial charge in [0.2, 0.25) is 0 Å². The highest BCUT2D eigenvalue weighted by Crippen LogP contribution is 2.35. The van der Waals surface area contributed by atoms with Crippen LogP contribution in [0.5, 0.6) is 11.5 Å². The molecule has 0 bridgehead atoms. The Hall–Kier alpha value is -2.62. The Morgan fingerprint density at radius 3 is 1.83 bits per heavy atom. The highest BCUT2D eigenvalue weighted by Gasteiger charge is 2.07. The van der Waals surface area contributed by atoms with Crippen LogP contribution in [0, 0.1) is 11.8 Å². The normalized spacial score (nSPS) is 12.1. The summed E-state index contributed by atoms with van der Waals surface area (Å²) in [7, 11) is 0. The third-order valence-corrected chi connectivity index (χ3v) is 3.31. The first-order chi connectivity index (χ1) is 11.4. The highest BCUT2D eigenvalue weighted by atomic mass is 16.3. The predicted molar refractivity (Wildman–Crippen MR) is 101 cm³/mol. The van der Waals surface area contributed by atoms with Crippen LogP contribution in [0.25, 0.3) is 11.1 Å². The van der Waals surface area contributed by atoms with Gasteiger partial charge in [0, 0.05) is 12.4 Å². The molecule has 0 saturated heterocycles. The molecule has 4 heteroatoms. The summed E-state index contributed by atoms with van der Waals surface area (Å²) in [5, 5.41) is 20.1. The summed E-state index contributed by atoms with van der Waals surface area (Å²) in [5.41, 5.74) is 2.78. The van der Waals surface area contributed by atoms with Crippen molar-refractivity contribution < 1.29 is 10.2 Å². The Bertz CT molecular complexity index is 762. The minimum Gasteiger partial charge on any atom is -0.506 e. The summed E-state index contributed by atoms with van der Waals surface area (Å²) in [4.78, 5) is 8.60. The topological polar surface area (TPSA) is 65.2 Å². The number of phenolic OH excluding ortho intramolecular Hbond substituents is 2. The van der Waals surface area contributed by atoms with Gasteiger partial charge in [-0.25, -0.2) is 0 Å². The zero-order valence-electron chi connectivity index (χ0n) is 14.6. The van der Waals surface area contributed by atoms with E-state index in [9.17, 15) is 10.2 Å². The van der Waals surface area contributed by atoms with Crippen LogP contribution in [-0.4, -0.2) is 22.6 Å². The molecule has 0 heterocycles. The average molecular weight is 324 g/mol. The van der Waals surface area contributed by atoms with Gasteiger partial charge in [-0.1, -0.05) is 39.8 Å². The standard InChI is InChI=1S/C20H24N2O2/c1-13(2)11-21-17-7-5-16(10-20(17)24)15-6-8-19(23)18(9-15)22-12-14(3)4/h5-14,23-24H,1-4H3. The monoisotopic (exact) mass is 324 g/mol. The Labute approximate surface area is 143 Å². The van der Waals surface area contributed by atoms with Gasteiger partial charge in [0.1, 0.15) is 22.9 Å². The molecule has 4 nitrogen and oxygen atoms in total. The van der Waals surface area contributed by atoms with Gasteiger partial charge in [0.15, 0.2) is 0 Å². The van der Waals surface area contributed by atoms with Crippen LogP contribution in [0.1, 0.15) is 27.7 Å².